The van der Waals surface area contributed by atoms with E-state index in [0.717, 1.165) is 18.2 Å². The summed E-state index contributed by atoms with van der Waals surface area (Å²) in [5.41, 5.74) is 3.63. The van der Waals surface area contributed by atoms with Crippen LogP contribution in [0.2, 0.25) is 0 Å². The second-order valence-electron chi connectivity index (χ2n) is 6.05. The lowest BCUT2D eigenvalue weighted by Crippen LogP contribution is -2.45. The molecule has 1 aliphatic heterocycles. The van der Waals surface area contributed by atoms with E-state index < -0.39 is 47.1 Å². The van der Waals surface area contributed by atoms with Gasteiger partial charge in [0.1, 0.15) is 11.9 Å². The fourth-order valence-corrected chi connectivity index (χ4v) is 3.43. The van der Waals surface area contributed by atoms with Crippen molar-refractivity contribution < 1.29 is 22.8 Å². The second-order valence-corrected chi connectivity index (χ2v) is 6.05. The maximum atomic E-state index is 14.3. The summed E-state index contributed by atoms with van der Waals surface area (Å²) >= 11 is 0. The molecule has 1 fully saturated rings. The van der Waals surface area contributed by atoms with Crippen molar-refractivity contribution in [1.82, 2.24) is 0 Å². The molecule has 0 radical (unpaired) electrons. The summed E-state index contributed by atoms with van der Waals surface area (Å²) in [6, 6.07) is 2.64. The SMILES string of the molecule is C[C@]1(c2cc([N+](=O)[O-])ccc2F)N=C(N)O[C@@H]2CC(F)(F)C[C@@H]21. The van der Waals surface area contributed by atoms with E-state index in [9.17, 15) is 23.3 Å². The number of aliphatic imine (C=N–C) groups is 1. The van der Waals surface area contributed by atoms with Gasteiger partial charge in [0.2, 0.25) is 0 Å². The Morgan fingerprint density at radius 1 is 1.43 bits per heavy atom. The van der Waals surface area contributed by atoms with Crippen LogP contribution in [0.25, 0.3) is 0 Å². The van der Waals surface area contributed by atoms with Crippen LogP contribution in [0, 0.1) is 21.8 Å². The first-order chi connectivity index (χ1) is 10.6. The largest absolute Gasteiger partial charge is 0.461 e. The molecule has 0 aromatic heterocycles. The van der Waals surface area contributed by atoms with Gasteiger partial charge in [-0.15, -0.1) is 0 Å². The van der Waals surface area contributed by atoms with Crippen molar-refractivity contribution >= 4 is 11.7 Å². The number of nitrogens with two attached hydrogens (primary N) is 1. The first-order valence-electron chi connectivity index (χ1n) is 6.97. The number of non-ortho nitro benzene ring substituents is 1. The van der Waals surface area contributed by atoms with E-state index in [2.05, 4.69) is 4.99 Å². The number of ether oxygens (including phenoxy) is 1. The molecular formula is C14H14F3N3O3. The smallest absolute Gasteiger partial charge is 0.283 e. The van der Waals surface area contributed by atoms with Crippen LogP contribution in [-0.2, 0) is 10.3 Å². The van der Waals surface area contributed by atoms with E-state index in [1.54, 1.807) is 0 Å². The third-order valence-electron chi connectivity index (χ3n) is 4.51. The minimum absolute atomic E-state index is 0.134. The van der Waals surface area contributed by atoms with Gasteiger partial charge in [-0.25, -0.2) is 18.2 Å². The molecule has 3 rings (SSSR count). The van der Waals surface area contributed by atoms with Crippen LogP contribution >= 0.6 is 0 Å². The van der Waals surface area contributed by atoms with Gasteiger partial charge in [-0.05, 0) is 13.0 Å². The van der Waals surface area contributed by atoms with Gasteiger partial charge in [-0.1, -0.05) is 0 Å². The molecule has 1 aromatic rings. The van der Waals surface area contributed by atoms with Crippen LogP contribution in [0.4, 0.5) is 18.9 Å². The highest BCUT2D eigenvalue weighted by atomic mass is 19.3. The van der Waals surface area contributed by atoms with Crippen molar-refractivity contribution in [2.24, 2.45) is 16.6 Å². The highest BCUT2D eigenvalue weighted by Crippen LogP contribution is 2.52. The minimum atomic E-state index is -2.98. The number of nitro groups is 1. The molecule has 0 amide bonds. The Morgan fingerprint density at radius 3 is 2.78 bits per heavy atom. The summed E-state index contributed by atoms with van der Waals surface area (Å²) < 4.78 is 47.0. The van der Waals surface area contributed by atoms with Gasteiger partial charge in [0, 0.05) is 36.5 Å². The molecule has 6 nitrogen and oxygen atoms in total. The Hall–Kier alpha value is -2.32. The zero-order valence-electron chi connectivity index (χ0n) is 12.1. The number of hydrogen-bond acceptors (Lipinski definition) is 5. The van der Waals surface area contributed by atoms with Crippen molar-refractivity contribution in [3.63, 3.8) is 0 Å². The molecule has 3 atom stereocenters. The normalized spacial score (nSPS) is 31.9. The highest BCUT2D eigenvalue weighted by molar-refractivity contribution is 5.73. The molecule has 2 N–H and O–H groups in total. The van der Waals surface area contributed by atoms with Crippen molar-refractivity contribution in [2.75, 3.05) is 0 Å². The number of nitrogens with zero attached hydrogens (tertiary/aromatic N) is 2. The highest BCUT2D eigenvalue weighted by Gasteiger charge is 2.58. The summed E-state index contributed by atoms with van der Waals surface area (Å²) in [4.78, 5) is 14.3. The lowest BCUT2D eigenvalue weighted by molar-refractivity contribution is -0.385. The average molecular weight is 329 g/mol. The molecule has 0 saturated heterocycles. The molecule has 0 unspecified atom stereocenters. The molecule has 0 spiro atoms. The summed E-state index contributed by atoms with van der Waals surface area (Å²) in [6.07, 6.45) is -2.00. The van der Waals surface area contributed by atoms with Gasteiger partial charge in [0.05, 0.1) is 10.5 Å². The van der Waals surface area contributed by atoms with E-state index >= 15 is 0 Å². The van der Waals surface area contributed by atoms with Crippen LogP contribution in [0.15, 0.2) is 23.2 Å². The molecule has 124 valence electrons. The third-order valence-corrected chi connectivity index (χ3v) is 4.51. The summed E-state index contributed by atoms with van der Waals surface area (Å²) in [5, 5.41) is 10.9. The monoisotopic (exact) mass is 329 g/mol. The van der Waals surface area contributed by atoms with Crippen molar-refractivity contribution in [3.8, 4) is 0 Å². The number of rotatable bonds is 2. The number of hydrogen-bond donors (Lipinski definition) is 1. The molecule has 2 aliphatic rings. The summed E-state index contributed by atoms with van der Waals surface area (Å²) in [7, 11) is 0. The van der Waals surface area contributed by atoms with E-state index in [1.807, 2.05) is 0 Å². The van der Waals surface area contributed by atoms with Gasteiger partial charge in [0.25, 0.3) is 17.6 Å². The lowest BCUT2D eigenvalue weighted by atomic mass is 9.77. The van der Waals surface area contributed by atoms with Crippen molar-refractivity contribution in [1.29, 1.82) is 0 Å². The maximum Gasteiger partial charge on any atom is 0.283 e. The van der Waals surface area contributed by atoms with Gasteiger partial charge in [-0.3, -0.25) is 10.1 Å². The third kappa shape index (κ3) is 2.49. The number of nitro benzene ring substituents is 1. The van der Waals surface area contributed by atoms with Crippen LogP contribution in [0.5, 0.6) is 0 Å². The van der Waals surface area contributed by atoms with Crippen LogP contribution in [0.3, 0.4) is 0 Å². The molecular weight excluding hydrogens is 315 g/mol. The molecule has 1 heterocycles. The van der Waals surface area contributed by atoms with E-state index in [-0.39, 0.29) is 17.3 Å². The Morgan fingerprint density at radius 2 is 2.13 bits per heavy atom. The topological polar surface area (TPSA) is 90.8 Å². The Bertz CT molecular complexity index is 710. The standard InChI is InChI=1S/C14H14F3N3O3/c1-13(8-4-7(20(21)22)2-3-10(8)15)9-5-14(16,17)6-11(9)23-12(18)19-13/h2-4,9,11H,5-6H2,1H3,(H2,18,19)/t9-,11+,13+/m0/s1. The Kier molecular flexibility index (Phi) is 3.27. The zero-order valence-corrected chi connectivity index (χ0v) is 12.1. The van der Waals surface area contributed by atoms with Crippen LogP contribution < -0.4 is 5.73 Å². The number of benzene rings is 1. The predicted octanol–water partition coefficient (Wildman–Crippen LogP) is 2.71. The van der Waals surface area contributed by atoms with Gasteiger partial charge in [-0.2, -0.15) is 0 Å². The molecule has 23 heavy (non-hydrogen) atoms. The van der Waals surface area contributed by atoms with Crippen molar-refractivity contribution in [3.05, 3.63) is 39.7 Å². The first-order valence-corrected chi connectivity index (χ1v) is 6.97. The van der Waals surface area contributed by atoms with Gasteiger partial charge in [0.15, 0.2) is 0 Å². The maximum absolute atomic E-state index is 14.3. The molecule has 1 aromatic carbocycles. The fourth-order valence-electron chi connectivity index (χ4n) is 3.43. The average Bonchev–Trinajstić information content (AvgIpc) is 2.73. The fraction of sp³-hybridized carbons (Fsp3) is 0.500. The van der Waals surface area contributed by atoms with Gasteiger partial charge >= 0.3 is 0 Å². The van der Waals surface area contributed by atoms with Gasteiger partial charge < -0.3 is 10.5 Å². The van der Waals surface area contributed by atoms with E-state index in [4.69, 9.17) is 10.5 Å². The van der Waals surface area contributed by atoms with Crippen molar-refractivity contribution in [2.45, 2.75) is 37.3 Å². The number of amidine groups is 1. The van der Waals surface area contributed by atoms with Crippen LogP contribution in [-0.4, -0.2) is 23.0 Å². The minimum Gasteiger partial charge on any atom is -0.461 e. The second kappa shape index (κ2) is 4.84. The molecule has 1 saturated carbocycles. The number of alkyl halides is 2. The molecule has 9 heteroatoms. The molecule has 1 aliphatic carbocycles. The molecule has 0 bridgehead atoms. The van der Waals surface area contributed by atoms with E-state index in [1.165, 1.54) is 6.92 Å². The van der Waals surface area contributed by atoms with Crippen LogP contribution in [0.1, 0.15) is 25.3 Å². The Balaban J connectivity index is 2.14. The summed E-state index contributed by atoms with van der Waals surface area (Å²) in [5.74, 6) is -4.57. The zero-order chi connectivity index (χ0) is 17.0. The first kappa shape index (κ1) is 15.6. The number of fused-ring (bicyclic) bond motifs is 1. The summed E-state index contributed by atoms with van der Waals surface area (Å²) in [6.45, 7) is 1.45. The predicted molar refractivity (Wildman–Crippen MR) is 74.6 cm³/mol. The number of halogens is 3. The Labute approximate surface area is 129 Å². The quantitative estimate of drug-likeness (QED) is 0.667. The van der Waals surface area contributed by atoms with E-state index in [0.29, 0.717) is 0 Å². The lowest BCUT2D eigenvalue weighted by Gasteiger charge is -2.39.